The van der Waals surface area contributed by atoms with Crippen molar-refractivity contribution in [1.29, 1.82) is 0 Å². The van der Waals surface area contributed by atoms with Crippen molar-refractivity contribution < 1.29 is 4.79 Å². The van der Waals surface area contributed by atoms with Gasteiger partial charge in [0.15, 0.2) is 0 Å². The maximum absolute atomic E-state index is 11.9. The number of hydrogen-bond donors (Lipinski definition) is 2. The van der Waals surface area contributed by atoms with Gasteiger partial charge in [0.1, 0.15) is 5.69 Å². The number of piperidine rings is 1. The van der Waals surface area contributed by atoms with Gasteiger partial charge in [-0.25, -0.2) is 0 Å². The number of amides is 1. The van der Waals surface area contributed by atoms with Crippen LogP contribution >= 0.6 is 24.0 Å². The van der Waals surface area contributed by atoms with E-state index in [1.807, 2.05) is 7.05 Å². The molecule has 0 radical (unpaired) electrons. The van der Waals surface area contributed by atoms with E-state index in [1.54, 1.807) is 16.8 Å². The van der Waals surface area contributed by atoms with Gasteiger partial charge in [0.2, 0.25) is 0 Å². The lowest BCUT2D eigenvalue weighted by Crippen LogP contribution is -2.43. The van der Waals surface area contributed by atoms with Gasteiger partial charge < -0.3 is 15.2 Å². The minimum Gasteiger partial charge on any atom is -0.348 e. The van der Waals surface area contributed by atoms with Crippen molar-refractivity contribution in [1.82, 2.24) is 15.2 Å². The summed E-state index contributed by atoms with van der Waals surface area (Å²) in [7, 11) is 1.82. The molecule has 1 fully saturated rings. The zero-order chi connectivity index (χ0) is 11.5. The average molecular weight is 278 g/mol. The molecule has 0 bridgehead atoms. The molecule has 1 aliphatic rings. The number of carbonyl (C=O) groups is 1. The highest BCUT2D eigenvalue weighted by molar-refractivity contribution is 6.31. The van der Waals surface area contributed by atoms with Crippen molar-refractivity contribution in [3.05, 3.63) is 23.0 Å². The molecular formula is C11H17Cl2N3O. The van der Waals surface area contributed by atoms with Crippen LogP contribution in [0.25, 0.3) is 0 Å². The number of halogens is 2. The lowest BCUT2D eigenvalue weighted by Gasteiger charge is -2.23. The van der Waals surface area contributed by atoms with Crippen LogP contribution in [0.1, 0.15) is 23.3 Å². The van der Waals surface area contributed by atoms with E-state index in [4.69, 9.17) is 11.6 Å². The van der Waals surface area contributed by atoms with E-state index in [2.05, 4.69) is 10.6 Å². The molecule has 2 rings (SSSR count). The van der Waals surface area contributed by atoms with Gasteiger partial charge >= 0.3 is 0 Å². The van der Waals surface area contributed by atoms with Crippen LogP contribution in [0.3, 0.4) is 0 Å². The highest BCUT2D eigenvalue weighted by atomic mass is 35.5. The monoisotopic (exact) mass is 277 g/mol. The highest BCUT2D eigenvalue weighted by Gasteiger charge is 2.18. The van der Waals surface area contributed by atoms with Gasteiger partial charge in [-0.3, -0.25) is 4.79 Å². The molecule has 0 spiro atoms. The Bertz CT molecular complexity index is 386. The topological polar surface area (TPSA) is 46.1 Å². The molecular weight excluding hydrogens is 261 g/mol. The van der Waals surface area contributed by atoms with Crippen molar-refractivity contribution in [2.75, 3.05) is 13.1 Å². The van der Waals surface area contributed by atoms with Gasteiger partial charge in [-0.1, -0.05) is 11.6 Å². The molecule has 2 N–H and O–H groups in total. The molecule has 1 aromatic rings. The second-order valence-electron chi connectivity index (χ2n) is 4.15. The molecule has 0 unspecified atom stereocenters. The molecule has 1 saturated heterocycles. The number of aryl methyl sites for hydroxylation is 1. The summed E-state index contributed by atoms with van der Waals surface area (Å²) in [5.74, 6) is -0.0405. The summed E-state index contributed by atoms with van der Waals surface area (Å²) in [5.41, 5.74) is 0.614. The Morgan fingerprint density at radius 2 is 2.18 bits per heavy atom. The first kappa shape index (κ1) is 14.4. The van der Waals surface area contributed by atoms with E-state index < -0.39 is 0 Å². The van der Waals surface area contributed by atoms with Crippen LogP contribution < -0.4 is 10.6 Å². The first-order chi connectivity index (χ1) is 7.66. The molecule has 0 aliphatic carbocycles. The summed E-state index contributed by atoms with van der Waals surface area (Å²) in [6.07, 6.45) is 3.71. The van der Waals surface area contributed by atoms with Crippen LogP contribution in [0.4, 0.5) is 0 Å². The van der Waals surface area contributed by atoms with E-state index >= 15 is 0 Å². The standard InChI is InChI=1S/C11H16ClN3O.ClH/c1-15-7-8(12)6-10(15)11(16)14-9-2-4-13-5-3-9;/h6-7,9,13H,2-5H2,1H3,(H,14,16);1H. The normalized spacial score (nSPS) is 16.4. The molecule has 17 heavy (non-hydrogen) atoms. The first-order valence-electron chi connectivity index (χ1n) is 5.50. The number of nitrogens with zero attached hydrogens (tertiary/aromatic N) is 1. The van der Waals surface area contributed by atoms with Crippen LogP contribution in [0, 0.1) is 0 Å². The Labute approximate surface area is 112 Å². The zero-order valence-corrected chi connectivity index (χ0v) is 11.3. The number of aromatic nitrogens is 1. The molecule has 1 aliphatic heterocycles. The fourth-order valence-corrected chi connectivity index (χ4v) is 2.23. The Balaban J connectivity index is 0.00000144. The van der Waals surface area contributed by atoms with Crippen molar-refractivity contribution in [3.63, 3.8) is 0 Å². The molecule has 0 atom stereocenters. The lowest BCUT2D eigenvalue weighted by molar-refractivity contribution is 0.0921. The molecule has 4 nitrogen and oxygen atoms in total. The van der Waals surface area contributed by atoms with E-state index in [9.17, 15) is 4.79 Å². The summed E-state index contributed by atoms with van der Waals surface area (Å²) in [4.78, 5) is 11.9. The number of rotatable bonds is 2. The third kappa shape index (κ3) is 3.63. The van der Waals surface area contributed by atoms with Gasteiger partial charge in [-0.05, 0) is 32.0 Å². The lowest BCUT2D eigenvalue weighted by atomic mass is 10.1. The molecule has 1 amide bonds. The molecule has 2 heterocycles. The molecule has 6 heteroatoms. The number of carbonyl (C=O) groups excluding carboxylic acids is 1. The summed E-state index contributed by atoms with van der Waals surface area (Å²) in [5, 5.41) is 6.89. The summed E-state index contributed by atoms with van der Waals surface area (Å²) in [6, 6.07) is 1.97. The summed E-state index contributed by atoms with van der Waals surface area (Å²) >= 11 is 5.84. The SMILES string of the molecule is Cl.Cn1cc(Cl)cc1C(=O)NC1CCNCC1. The van der Waals surface area contributed by atoms with Gasteiger partial charge in [0, 0.05) is 19.3 Å². The predicted octanol–water partition coefficient (Wildman–Crippen LogP) is 1.58. The smallest absolute Gasteiger partial charge is 0.268 e. The average Bonchev–Trinajstić information content (AvgIpc) is 2.59. The molecule has 0 aromatic carbocycles. The second kappa shape index (κ2) is 6.28. The fourth-order valence-electron chi connectivity index (χ4n) is 1.98. The zero-order valence-electron chi connectivity index (χ0n) is 9.70. The van der Waals surface area contributed by atoms with Gasteiger partial charge in [0.25, 0.3) is 5.91 Å². The second-order valence-corrected chi connectivity index (χ2v) is 4.59. The van der Waals surface area contributed by atoms with Gasteiger partial charge in [-0.15, -0.1) is 12.4 Å². The van der Waals surface area contributed by atoms with Crippen LogP contribution in [-0.4, -0.2) is 29.6 Å². The Hall–Kier alpha value is -0.710. The van der Waals surface area contributed by atoms with E-state index in [1.165, 1.54) is 0 Å². The van der Waals surface area contributed by atoms with Crippen molar-refractivity contribution in [2.24, 2.45) is 7.05 Å². The molecule has 1 aromatic heterocycles. The number of nitrogens with one attached hydrogen (secondary N) is 2. The third-order valence-electron chi connectivity index (χ3n) is 2.88. The van der Waals surface area contributed by atoms with E-state index in [-0.39, 0.29) is 24.4 Å². The summed E-state index contributed by atoms with van der Waals surface area (Å²) in [6.45, 7) is 1.94. The maximum Gasteiger partial charge on any atom is 0.268 e. The Morgan fingerprint density at radius 1 is 1.53 bits per heavy atom. The molecule has 0 saturated carbocycles. The molecule has 96 valence electrons. The highest BCUT2D eigenvalue weighted by Crippen LogP contribution is 2.13. The minimum absolute atomic E-state index is 0. The summed E-state index contributed by atoms with van der Waals surface area (Å²) < 4.78 is 1.75. The minimum atomic E-state index is -0.0405. The van der Waals surface area contributed by atoms with Crippen molar-refractivity contribution >= 4 is 29.9 Å². The fraction of sp³-hybridized carbons (Fsp3) is 0.545. The Morgan fingerprint density at radius 3 is 2.71 bits per heavy atom. The largest absolute Gasteiger partial charge is 0.348 e. The quantitative estimate of drug-likeness (QED) is 0.862. The van der Waals surface area contributed by atoms with E-state index in [0.29, 0.717) is 10.7 Å². The van der Waals surface area contributed by atoms with E-state index in [0.717, 1.165) is 25.9 Å². The Kier molecular flexibility index (Phi) is 5.31. The van der Waals surface area contributed by atoms with Crippen molar-refractivity contribution in [3.8, 4) is 0 Å². The predicted molar refractivity (Wildman–Crippen MR) is 71.0 cm³/mol. The van der Waals surface area contributed by atoms with Crippen LogP contribution in [-0.2, 0) is 7.05 Å². The van der Waals surface area contributed by atoms with Crippen LogP contribution in [0.2, 0.25) is 5.02 Å². The van der Waals surface area contributed by atoms with Crippen LogP contribution in [0.15, 0.2) is 12.3 Å². The van der Waals surface area contributed by atoms with Gasteiger partial charge in [0.05, 0.1) is 5.02 Å². The first-order valence-corrected chi connectivity index (χ1v) is 5.88. The van der Waals surface area contributed by atoms with Gasteiger partial charge in [-0.2, -0.15) is 0 Å². The van der Waals surface area contributed by atoms with Crippen molar-refractivity contribution in [2.45, 2.75) is 18.9 Å². The van der Waals surface area contributed by atoms with Crippen LogP contribution in [0.5, 0.6) is 0 Å². The number of hydrogen-bond acceptors (Lipinski definition) is 2. The maximum atomic E-state index is 11.9. The third-order valence-corrected chi connectivity index (χ3v) is 3.09.